The van der Waals surface area contributed by atoms with Crippen molar-refractivity contribution in [2.75, 3.05) is 13.1 Å². The van der Waals surface area contributed by atoms with Crippen molar-refractivity contribution >= 4 is 45.9 Å². The van der Waals surface area contributed by atoms with E-state index in [1.54, 1.807) is 4.68 Å². The van der Waals surface area contributed by atoms with Gasteiger partial charge in [-0.2, -0.15) is 5.10 Å². The van der Waals surface area contributed by atoms with Crippen LogP contribution in [0.3, 0.4) is 0 Å². The maximum atomic E-state index is 13.8. The van der Waals surface area contributed by atoms with E-state index >= 15 is 0 Å². The highest BCUT2D eigenvalue weighted by Gasteiger charge is 2.03. The Bertz CT molecular complexity index is 689. The van der Waals surface area contributed by atoms with Crippen LogP contribution in [0, 0.1) is 5.82 Å². The SMILES string of the molecule is CCNC(=NCc1cnn(C)c1)NCCCc1ccc(Br)cc1F.I. The molecule has 25 heavy (non-hydrogen) atoms. The highest BCUT2D eigenvalue weighted by molar-refractivity contribution is 14.0. The molecule has 0 unspecified atom stereocenters. The number of rotatable bonds is 7. The van der Waals surface area contributed by atoms with Gasteiger partial charge in [0.2, 0.25) is 0 Å². The molecular formula is C17H24BrFIN5. The fraction of sp³-hybridized carbons (Fsp3) is 0.412. The van der Waals surface area contributed by atoms with Crippen molar-refractivity contribution in [3.63, 3.8) is 0 Å². The van der Waals surface area contributed by atoms with Crippen LogP contribution in [-0.4, -0.2) is 28.8 Å². The van der Waals surface area contributed by atoms with Gasteiger partial charge in [-0.1, -0.05) is 22.0 Å². The van der Waals surface area contributed by atoms with Gasteiger partial charge >= 0.3 is 0 Å². The van der Waals surface area contributed by atoms with Gasteiger partial charge in [0.15, 0.2) is 5.96 Å². The first-order chi connectivity index (χ1) is 11.6. The molecule has 0 aliphatic heterocycles. The van der Waals surface area contributed by atoms with Crippen LogP contribution in [0.4, 0.5) is 4.39 Å². The molecule has 0 radical (unpaired) electrons. The van der Waals surface area contributed by atoms with Crippen LogP contribution >= 0.6 is 39.9 Å². The third kappa shape index (κ3) is 7.72. The third-order valence-corrected chi connectivity index (χ3v) is 3.95. The topological polar surface area (TPSA) is 54.2 Å². The number of benzene rings is 1. The first-order valence-electron chi connectivity index (χ1n) is 8.02. The van der Waals surface area contributed by atoms with Gasteiger partial charge in [0.1, 0.15) is 5.82 Å². The molecule has 0 bridgehead atoms. The Kier molecular flexibility index (Phi) is 10.0. The molecule has 138 valence electrons. The summed E-state index contributed by atoms with van der Waals surface area (Å²) in [5.74, 6) is 0.596. The zero-order valence-electron chi connectivity index (χ0n) is 14.4. The summed E-state index contributed by atoms with van der Waals surface area (Å²) in [4.78, 5) is 4.53. The zero-order valence-corrected chi connectivity index (χ0v) is 18.3. The lowest BCUT2D eigenvalue weighted by Crippen LogP contribution is -2.37. The van der Waals surface area contributed by atoms with Crippen molar-refractivity contribution in [2.45, 2.75) is 26.3 Å². The van der Waals surface area contributed by atoms with Crippen molar-refractivity contribution in [1.29, 1.82) is 0 Å². The molecule has 0 fully saturated rings. The average molecular weight is 524 g/mol. The Labute approximate surface area is 173 Å². The van der Waals surface area contributed by atoms with Crippen LogP contribution in [0.2, 0.25) is 0 Å². The fourth-order valence-corrected chi connectivity index (χ4v) is 2.61. The lowest BCUT2D eigenvalue weighted by Gasteiger charge is -2.11. The number of aromatic nitrogens is 2. The maximum absolute atomic E-state index is 13.8. The summed E-state index contributed by atoms with van der Waals surface area (Å²) in [5, 5.41) is 10.6. The average Bonchev–Trinajstić information content (AvgIpc) is 2.96. The molecule has 2 rings (SSSR count). The third-order valence-electron chi connectivity index (χ3n) is 3.45. The summed E-state index contributed by atoms with van der Waals surface area (Å²) in [6, 6.07) is 5.19. The van der Waals surface area contributed by atoms with Gasteiger partial charge in [0.25, 0.3) is 0 Å². The number of hydrogen-bond acceptors (Lipinski definition) is 2. The smallest absolute Gasteiger partial charge is 0.191 e. The van der Waals surface area contributed by atoms with Crippen LogP contribution in [0.1, 0.15) is 24.5 Å². The van der Waals surface area contributed by atoms with Gasteiger partial charge < -0.3 is 10.6 Å². The van der Waals surface area contributed by atoms with Crippen LogP contribution in [-0.2, 0) is 20.0 Å². The quantitative estimate of drug-likeness (QED) is 0.252. The molecule has 1 aromatic heterocycles. The van der Waals surface area contributed by atoms with Gasteiger partial charge in [-0.3, -0.25) is 4.68 Å². The molecular weight excluding hydrogens is 500 g/mol. The molecule has 0 aliphatic carbocycles. The van der Waals surface area contributed by atoms with Gasteiger partial charge in [-0.05, 0) is 37.5 Å². The highest BCUT2D eigenvalue weighted by atomic mass is 127. The minimum absolute atomic E-state index is 0. The van der Waals surface area contributed by atoms with E-state index in [0.29, 0.717) is 13.0 Å². The number of nitrogens with one attached hydrogen (secondary N) is 2. The highest BCUT2D eigenvalue weighted by Crippen LogP contribution is 2.16. The maximum Gasteiger partial charge on any atom is 0.191 e. The van der Waals surface area contributed by atoms with Crippen molar-refractivity contribution in [2.24, 2.45) is 12.0 Å². The van der Waals surface area contributed by atoms with Gasteiger partial charge in [0, 0.05) is 36.4 Å². The summed E-state index contributed by atoms with van der Waals surface area (Å²) in [6.07, 6.45) is 5.27. The Hall–Kier alpha value is -1.16. The largest absolute Gasteiger partial charge is 0.357 e. The molecule has 0 saturated carbocycles. The molecule has 5 nitrogen and oxygen atoms in total. The summed E-state index contributed by atoms with van der Waals surface area (Å²) < 4.78 is 16.3. The number of aryl methyl sites for hydroxylation is 2. The molecule has 0 aliphatic rings. The van der Waals surface area contributed by atoms with Gasteiger partial charge in [0.05, 0.1) is 12.7 Å². The number of hydrogen-bond donors (Lipinski definition) is 2. The van der Waals surface area contributed by atoms with E-state index in [9.17, 15) is 4.39 Å². The van der Waals surface area contributed by atoms with Crippen LogP contribution in [0.5, 0.6) is 0 Å². The van der Waals surface area contributed by atoms with Crippen LogP contribution < -0.4 is 10.6 Å². The second-order valence-electron chi connectivity index (χ2n) is 5.48. The molecule has 0 saturated heterocycles. The Morgan fingerprint density at radius 2 is 2.16 bits per heavy atom. The first kappa shape index (κ1) is 21.9. The number of aliphatic imine (C=N–C) groups is 1. The van der Waals surface area contributed by atoms with Gasteiger partial charge in [-0.15, -0.1) is 24.0 Å². The molecule has 0 spiro atoms. The molecule has 2 aromatic rings. The molecule has 0 amide bonds. The number of nitrogens with zero attached hydrogens (tertiary/aromatic N) is 3. The summed E-state index contributed by atoms with van der Waals surface area (Å²) in [7, 11) is 1.89. The van der Waals surface area contributed by atoms with Crippen molar-refractivity contribution in [3.05, 3.63) is 52.0 Å². The molecule has 0 atom stereocenters. The zero-order chi connectivity index (χ0) is 17.4. The lowest BCUT2D eigenvalue weighted by molar-refractivity contribution is 0.602. The molecule has 2 N–H and O–H groups in total. The Balaban J connectivity index is 0.00000312. The first-order valence-corrected chi connectivity index (χ1v) is 8.81. The fourth-order valence-electron chi connectivity index (χ4n) is 2.28. The minimum Gasteiger partial charge on any atom is -0.357 e. The van der Waals surface area contributed by atoms with Crippen molar-refractivity contribution in [1.82, 2.24) is 20.4 Å². The van der Waals surface area contributed by atoms with E-state index < -0.39 is 0 Å². The standard InChI is InChI=1S/C17H23BrFN5.HI/c1-3-20-17(22-10-13-11-23-24(2)12-13)21-8-4-5-14-6-7-15(18)9-16(14)19;/h6-7,9,11-12H,3-5,8,10H2,1-2H3,(H2,20,21,22);1H. The predicted octanol–water partition coefficient (Wildman–Crippen LogP) is 3.63. The van der Waals surface area contributed by atoms with Crippen LogP contribution in [0.25, 0.3) is 0 Å². The van der Waals surface area contributed by atoms with E-state index in [1.165, 1.54) is 6.07 Å². The predicted molar refractivity (Wildman–Crippen MR) is 114 cm³/mol. The van der Waals surface area contributed by atoms with E-state index in [0.717, 1.165) is 41.1 Å². The van der Waals surface area contributed by atoms with E-state index in [2.05, 4.69) is 36.7 Å². The van der Waals surface area contributed by atoms with E-state index in [1.807, 2.05) is 38.5 Å². The van der Waals surface area contributed by atoms with Crippen molar-refractivity contribution in [3.8, 4) is 0 Å². The number of guanidine groups is 1. The summed E-state index contributed by atoms with van der Waals surface area (Å²) in [5.41, 5.74) is 1.80. The molecule has 8 heteroatoms. The van der Waals surface area contributed by atoms with Crippen LogP contribution in [0.15, 0.2) is 40.1 Å². The van der Waals surface area contributed by atoms with Gasteiger partial charge in [-0.25, -0.2) is 9.38 Å². The van der Waals surface area contributed by atoms with E-state index in [4.69, 9.17) is 0 Å². The summed E-state index contributed by atoms with van der Waals surface area (Å²) >= 11 is 3.27. The molecule has 1 heterocycles. The second-order valence-corrected chi connectivity index (χ2v) is 6.40. The Morgan fingerprint density at radius 1 is 1.36 bits per heavy atom. The molecule has 1 aromatic carbocycles. The lowest BCUT2D eigenvalue weighted by atomic mass is 10.1. The second kappa shape index (κ2) is 11.5. The summed E-state index contributed by atoms with van der Waals surface area (Å²) in [6.45, 7) is 4.12. The Morgan fingerprint density at radius 3 is 2.80 bits per heavy atom. The minimum atomic E-state index is -0.165. The monoisotopic (exact) mass is 523 g/mol. The van der Waals surface area contributed by atoms with Crippen molar-refractivity contribution < 1.29 is 4.39 Å². The van der Waals surface area contributed by atoms with E-state index in [-0.39, 0.29) is 29.8 Å². The number of halogens is 3. The normalized spacial score (nSPS) is 11.1.